The molecule has 220 valence electrons. The van der Waals surface area contributed by atoms with E-state index >= 15 is 0 Å². The number of rotatable bonds is 4. The molecule has 7 heteroatoms. The molecule has 0 aliphatic heterocycles. The fourth-order valence-electron chi connectivity index (χ4n) is 5.76. The van der Waals surface area contributed by atoms with E-state index in [0.29, 0.717) is 17.4 Å². The van der Waals surface area contributed by atoms with Gasteiger partial charge in [-0.2, -0.15) is 17.4 Å². The van der Waals surface area contributed by atoms with Gasteiger partial charge in [-0.05, 0) is 57.5 Å². The van der Waals surface area contributed by atoms with E-state index in [4.69, 9.17) is 19.1 Å². The van der Waals surface area contributed by atoms with Crippen molar-refractivity contribution in [3.63, 3.8) is 0 Å². The number of para-hydroxylation sites is 1. The Labute approximate surface area is 273 Å². The first-order valence-electron chi connectivity index (χ1n) is 14.5. The van der Waals surface area contributed by atoms with Crippen molar-refractivity contribution < 1.29 is 30.2 Å². The first-order valence-corrected chi connectivity index (χ1v) is 15.3. The molecule has 8 rings (SSSR count). The van der Waals surface area contributed by atoms with E-state index in [1.165, 1.54) is 5.56 Å². The van der Waals surface area contributed by atoms with Crippen LogP contribution in [0.4, 0.5) is 0 Å². The Bertz CT molecular complexity index is 2360. The first kappa shape index (κ1) is 28.8. The predicted molar refractivity (Wildman–Crippen MR) is 176 cm³/mol. The summed E-state index contributed by atoms with van der Waals surface area (Å²) in [6.45, 7) is 10.9. The molecule has 0 amide bonds. The first-order chi connectivity index (χ1) is 20.7. The zero-order valence-electron chi connectivity index (χ0n) is 25.0. The van der Waals surface area contributed by atoms with Crippen LogP contribution in [0.2, 0.25) is 0 Å². The molecule has 0 unspecified atom stereocenters. The minimum atomic E-state index is -0.00674. The number of pyridine rings is 2. The number of nitrogens with zero attached hydrogens (tertiary/aromatic N) is 3. The Hall–Kier alpha value is -3.99. The molecule has 8 aromatic rings. The van der Waals surface area contributed by atoms with Crippen molar-refractivity contribution in [1.82, 2.24) is 14.5 Å². The summed E-state index contributed by atoms with van der Waals surface area (Å²) >= 11 is 1.61. The number of benzene rings is 3. The van der Waals surface area contributed by atoms with Gasteiger partial charge in [0.1, 0.15) is 16.3 Å². The standard InChI is InChI=1S/C37H29N3O2S.Pt/c1-21(2)22-14-15-38-33(16-22)40-29-9-7-6-8-26(29)27-12-10-25(19-30(27)40)41-24-11-13-32-28(18-24)34-35-31(42-36(34)43-32)17-23(20-39-35)37(3,4)5;/h6-17,20-21H,1-5H3;/q-2;+2. The van der Waals surface area contributed by atoms with E-state index < -0.39 is 0 Å². The van der Waals surface area contributed by atoms with Crippen LogP contribution in [0.25, 0.3) is 59.1 Å². The average molecular weight is 775 g/mol. The third-order valence-electron chi connectivity index (χ3n) is 8.14. The van der Waals surface area contributed by atoms with E-state index in [0.717, 1.165) is 64.7 Å². The Balaban J connectivity index is 0.00000312. The van der Waals surface area contributed by atoms with Gasteiger partial charge < -0.3 is 13.7 Å². The van der Waals surface area contributed by atoms with Crippen LogP contribution in [0, 0.1) is 12.1 Å². The second-order valence-electron chi connectivity index (χ2n) is 12.4. The van der Waals surface area contributed by atoms with Crippen molar-refractivity contribution in [2.75, 3.05) is 0 Å². The van der Waals surface area contributed by atoms with Crippen LogP contribution in [0.15, 0.2) is 83.5 Å². The molecule has 3 aromatic carbocycles. The number of furan rings is 1. The zero-order valence-corrected chi connectivity index (χ0v) is 28.1. The van der Waals surface area contributed by atoms with E-state index in [1.54, 1.807) is 11.3 Å². The second-order valence-corrected chi connectivity index (χ2v) is 13.4. The van der Waals surface area contributed by atoms with Gasteiger partial charge in [0.15, 0.2) is 0 Å². The molecule has 5 aromatic heterocycles. The van der Waals surface area contributed by atoms with Crippen molar-refractivity contribution in [1.29, 1.82) is 0 Å². The molecule has 44 heavy (non-hydrogen) atoms. The Morgan fingerprint density at radius 3 is 2.52 bits per heavy atom. The molecular formula is C37H29N3O2PtS. The van der Waals surface area contributed by atoms with Gasteiger partial charge in [0.05, 0.1) is 5.52 Å². The number of hydrogen-bond donors (Lipinski definition) is 0. The average Bonchev–Trinajstić information content (AvgIpc) is 3.63. The van der Waals surface area contributed by atoms with Gasteiger partial charge in [-0.3, -0.25) is 4.98 Å². The number of hydrogen-bond acceptors (Lipinski definition) is 5. The SMILES string of the molecule is CC(C)c1ccnc(-n2c3[c-]c(Oc4[c-]c5c(cc4)sc4oc6cc(C(C)(C)C)cnc6c45)ccc3c3ccccc32)c1.[Pt+2]. The summed E-state index contributed by atoms with van der Waals surface area (Å²) in [6.07, 6.45) is 3.84. The number of thiophene rings is 1. The summed E-state index contributed by atoms with van der Waals surface area (Å²) in [4.78, 5) is 10.4. The van der Waals surface area contributed by atoms with E-state index in [9.17, 15) is 0 Å². The molecule has 0 spiro atoms. The Morgan fingerprint density at radius 2 is 1.70 bits per heavy atom. The Kier molecular flexibility index (Phi) is 6.91. The summed E-state index contributed by atoms with van der Waals surface area (Å²) in [7, 11) is 0. The van der Waals surface area contributed by atoms with Crippen molar-refractivity contribution in [3.8, 4) is 17.3 Å². The molecule has 0 N–H and O–H groups in total. The largest absolute Gasteiger partial charge is 2.00 e. The summed E-state index contributed by atoms with van der Waals surface area (Å²) in [5, 5.41) is 4.19. The molecule has 5 nitrogen and oxygen atoms in total. The summed E-state index contributed by atoms with van der Waals surface area (Å²) in [5.74, 6) is 2.50. The van der Waals surface area contributed by atoms with E-state index in [-0.39, 0.29) is 26.5 Å². The second kappa shape index (κ2) is 10.6. The fourth-order valence-corrected chi connectivity index (χ4v) is 6.78. The molecule has 0 fully saturated rings. The fraction of sp³-hybridized carbons (Fsp3) is 0.189. The number of aromatic nitrogens is 3. The van der Waals surface area contributed by atoms with Gasteiger partial charge in [0, 0.05) is 29.4 Å². The quantitative estimate of drug-likeness (QED) is 0.167. The van der Waals surface area contributed by atoms with Gasteiger partial charge >= 0.3 is 21.1 Å². The third kappa shape index (κ3) is 4.63. The van der Waals surface area contributed by atoms with E-state index in [1.807, 2.05) is 24.5 Å². The Morgan fingerprint density at radius 1 is 0.909 bits per heavy atom. The maximum absolute atomic E-state index is 6.42. The molecule has 5 heterocycles. The van der Waals surface area contributed by atoms with Crippen molar-refractivity contribution in [3.05, 3.63) is 102 Å². The van der Waals surface area contributed by atoms with Crippen LogP contribution >= 0.6 is 11.3 Å². The van der Waals surface area contributed by atoms with Crippen LogP contribution in [0.3, 0.4) is 0 Å². The van der Waals surface area contributed by atoms with Gasteiger partial charge in [-0.15, -0.1) is 29.0 Å². The number of ether oxygens (including phenoxy) is 1. The molecule has 0 bridgehead atoms. The van der Waals surface area contributed by atoms with E-state index in [2.05, 4.69) is 106 Å². The molecule has 0 radical (unpaired) electrons. The van der Waals surface area contributed by atoms with Crippen LogP contribution in [-0.2, 0) is 26.5 Å². The molecule has 0 aliphatic rings. The number of fused-ring (bicyclic) bond motifs is 8. The summed E-state index contributed by atoms with van der Waals surface area (Å²) in [6, 6.07) is 29.9. The molecule has 0 atom stereocenters. The third-order valence-corrected chi connectivity index (χ3v) is 9.17. The minimum Gasteiger partial charge on any atom is -0.503 e. The van der Waals surface area contributed by atoms with Crippen molar-refractivity contribution in [2.24, 2.45) is 0 Å². The van der Waals surface area contributed by atoms with Gasteiger partial charge in [0.25, 0.3) is 0 Å². The minimum absolute atomic E-state index is 0. The summed E-state index contributed by atoms with van der Waals surface area (Å²) in [5.41, 5.74) is 6.05. The van der Waals surface area contributed by atoms with Gasteiger partial charge in [-0.1, -0.05) is 75.2 Å². The van der Waals surface area contributed by atoms with Crippen molar-refractivity contribution >= 4 is 64.6 Å². The maximum atomic E-state index is 6.42. The molecule has 0 saturated carbocycles. The van der Waals surface area contributed by atoms with Crippen LogP contribution < -0.4 is 4.74 Å². The molecular weight excluding hydrogens is 746 g/mol. The van der Waals surface area contributed by atoms with Gasteiger partial charge in [-0.25, -0.2) is 4.98 Å². The molecule has 0 aliphatic carbocycles. The maximum Gasteiger partial charge on any atom is 2.00 e. The monoisotopic (exact) mass is 774 g/mol. The van der Waals surface area contributed by atoms with Crippen LogP contribution in [-0.4, -0.2) is 14.5 Å². The van der Waals surface area contributed by atoms with Crippen molar-refractivity contribution in [2.45, 2.75) is 46.0 Å². The smallest absolute Gasteiger partial charge is 0.503 e. The van der Waals surface area contributed by atoms with Gasteiger partial charge in [0.2, 0.25) is 0 Å². The zero-order chi connectivity index (χ0) is 29.5. The topological polar surface area (TPSA) is 53.1 Å². The normalized spacial score (nSPS) is 12.2. The molecule has 0 saturated heterocycles. The predicted octanol–water partition coefficient (Wildman–Crippen LogP) is 10.5. The summed E-state index contributed by atoms with van der Waals surface area (Å²) < 4.78 is 15.9. The van der Waals surface area contributed by atoms with Crippen LogP contribution in [0.5, 0.6) is 11.5 Å². The van der Waals surface area contributed by atoms with Crippen LogP contribution in [0.1, 0.15) is 51.7 Å².